The van der Waals surface area contributed by atoms with Gasteiger partial charge in [-0.05, 0) is 31.3 Å². The molecule has 0 radical (unpaired) electrons. The van der Waals surface area contributed by atoms with Crippen molar-refractivity contribution in [3.05, 3.63) is 70.4 Å². The molecule has 162 valence electrons. The lowest BCUT2D eigenvalue weighted by atomic mass is 10.2. The zero-order valence-corrected chi connectivity index (χ0v) is 17.5. The van der Waals surface area contributed by atoms with Crippen molar-refractivity contribution in [3.8, 4) is 6.07 Å². The number of nitro benzene ring substituents is 1. The van der Waals surface area contributed by atoms with Gasteiger partial charge < -0.3 is 20.4 Å². The van der Waals surface area contributed by atoms with E-state index in [0.29, 0.717) is 11.5 Å². The lowest BCUT2D eigenvalue weighted by Crippen LogP contribution is -2.44. The van der Waals surface area contributed by atoms with Crippen molar-refractivity contribution in [1.29, 1.82) is 5.26 Å². The fraction of sp³-hybridized carbons (Fsp3) is 0.227. The molecule has 0 bridgehead atoms. The van der Waals surface area contributed by atoms with E-state index in [4.69, 9.17) is 0 Å². The molecule has 4 rings (SSSR count). The topological polar surface area (TPSA) is 123 Å². The maximum Gasteiger partial charge on any atom is 0.292 e. The molecule has 2 N–H and O–H groups in total. The highest BCUT2D eigenvalue weighted by atomic mass is 16.6. The standard InChI is InChI=1S/C22H22N8O2/c1-28-9-11-29(12-10-28)18-7-8-20(30(31)32)19(13-18)26-22-24-15-16(14-23)21(27-22)25-17-5-3-2-4-6-17/h2-8,13,15H,9-12H2,1H3,(H2,24,25,26,27). The molecule has 10 heteroatoms. The van der Waals surface area contributed by atoms with Crippen LogP contribution in [0.3, 0.4) is 0 Å². The molecule has 1 aliphatic rings. The number of likely N-dealkylation sites (N-methyl/N-ethyl adjacent to an activating group) is 1. The number of para-hydroxylation sites is 1. The van der Waals surface area contributed by atoms with Crippen molar-refractivity contribution in [3.63, 3.8) is 0 Å². The summed E-state index contributed by atoms with van der Waals surface area (Å²) in [6, 6.07) is 16.4. The zero-order valence-electron chi connectivity index (χ0n) is 17.5. The van der Waals surface area contributed by atoms with Gasteiger partial charge in [0.25, 0.3) is 5.69 Å². The van der Waals surface area contributed by atoms with E-state index >= 15 is 0 Å². The lowest BCUT2D eigenvalue weighted by Gasteiger charge is -2.34. The zero-order chi connectivity index (χ0) is 22.5. The van der Waals surface area contributed by atoms with Crippen LogP contribution in [-0.4, -0.2) is 53.0 Å². The smallest absolute Gasteiger partial charge is 0.292 e. The molecular weight excluding hydrogens is 408 g/mol. The summed E-state index contributed by atoms with van der Waals surface area (Å²) < 4.78 is 0. The highest BCUT2D eigenvalue weighted by molar-refractivity contribution is 5.73. The number of benzene rings is 2. The molecule has 1 fully saturated rings. The van der Waals surface area contributed by atoms with Crippen LogP contribution in [0.4, 0.5) is 34.5 Å². The Balaban J connectivity index is 1.63. The molecule has 1 aliphatic heterocycles. The van der Waals surface area contributed by atoms with Gasteiger partial charge in [-0.25, -0.2) is 4.98 Å². The number of nitro groups is 1. The summed E-state index contributed by atoms with van der Waals surface area (Å²) in [6.07, 6.45) is 1.39. The van der Waals surface area contributed by atoms with Crippen molar-refractivity contribution < 1.29 is 4.92 Å². The second-order valence-corrected chi connectivity index (χ2v) is 7.43. The Kier molecular flexibility index (Phi) is 6.10. The number of piperazine rings is 1. The molecule has 0 aliphatic carbocycles. The normalized spacial score (nSPS) is 13.9. The van der Waals surface area contributed by atoms with Gasteiger partial charge in [-0.15, -0.1) is 0 Å². The largest absolute Gasteiger partial charge is 0.369 e. The third-order valence-corrected chi connectivity index (χ3v) is 5.24. The third kappa shape index (κ3) is 4.74. The van der Waals surface area contributed by atoms with Gasteiger partial charge in [0.2, 0.25) is 5.95 Å². The van der Waals surface area contributed by atoms with E-state index in [2.05, 4.69) is 43.5 Å². The Morgan fingerprint density at radius 1 is 1.09 bits per heavy atom. The number of anilines is 5. The van der Waals surface area contributed by atoms with Gasteiger partial charge in [0.1, 0.15) is 17.3 Å². The molecule has 3 aromatic rings. The SMILES string of the molecule is CN1CCN(c2ccc([N+](=O)[O-])c(Nc3ncc(C#N)c(Nc4ccccc4)n3)c2)CC1. The minimum atomic E-state index is -0.442. The molecule has 10 nitrogen and oxygen atoms in total. The average molecular weight is 430 g/mol. The Labute approximate surface area is 185 Å². The van der Waals surface area contributed by atoms with Crippen LogP contribution in [-0.2, 0) is 0 Å². The first kappa shape index (κ1) is 21.0. The first-order valence-corrected chi connectivity index (χ1v) is 10.1. The first-order valence-electron chi connectivity index (χ1n) is 10.1. The number of nitrogens with zero attached hydrogens (tertiary/aromatic N) is 6. The van der Waals surface area contributed by atoms with Crippen molar-refractivity contribution in [2.45, 2.75) is 0 Å². The Morgan fingerprint density at radius 3 is 2.53 bits per heavy atom. The quantitative estimate of drug-likeness (QED) is 0.447. The fourth-order valence-electron chi connectivity index (χ4n) is 3.44. The number of aromatic nitrogens is 2. The molecule has 0 spiro atoms. The molecule has 32 heavy (non-hydrogen) atoms. The molecule has 0 atom stereocenters. The van der Waals surface area contributed by atoms with Crippen molar-refractivity contribution in [2.75, 3.05) is 48.8 Å². The molecule has 2 aromatic carbocycles. The number of hydrogen-bond acceptors (Lipinski definition) is 9. The second kappa shape index (κ2) is 9.28. The van der Waals surface area contributed by atoms with Crippen molar-refractivity contribution >= 4 is 34.5 Å². The third-order valence-electron chi connectivity index (χ3n) is 5.24. The molecule has 0 saturated carbocycles. The molecular formula is C22H22N8O2. The summed E-state index contributed by atoms with van der Waals surface area (Å²) in [5.74, 6) is 0.468. The van der Waals surface area contributed by atoms with Crippen LogP contribution in [0.25, 0.3) is 0 Å². The summed E-state index contributed by atoms with van der Waals surface area (Å²) in [6.45, 7) is 3.53. The van der Waals surface area contributed by atoms with E-state index in [-0.39, 0.29) is 17.2 Å². The average Bonchev–Trinajstić information content (AvgIpc) is 2.80. The van der Waals surface area contributed by atoms with Crippen LogP contribution in [0.5, 0.6) is 0 Å². The Hall–Kier alpha value is -4.23. The van der Waals surface area contributed by atoms with Crippen LogP contribution in [0.15, 0.2) is 54.7 Å². The molecule has 2 heterocycles. The minimum absolute atomic E-state index is 0.0756. The van der Waals surface area contributed by atoms with E-state index < -0.39 is 4.92 Å². The number of nitriles is 1. The van der Waals surface area contributed by atoms with Crippen LogP contribution >= 0.6 is 0 Å². The van der Waals surface area contributed by atoms with E-state index in [1.807, 2.05) is 30.3 Å². The van der Waals surface area contributed by atoms with E-state index in [0.717, 1.165) is 37.6 Å². The van der Waals surface area contributed by atoms with Crippen LogP contribution in [0, 0.1) is 21.4 Å². The summed E-state index contributed by atoms with van der Waals surface area (Å²) in [7, 11) is 2.07. The van der Waals surface area contributed by atoms with Gasteiger partial charge in [0.15, 0.2) is 5.82 Å². The van der Waals surface area contributed by atoms with Crippen LogP contribution < -0.4 is 15.5 Å². The predicted octanol–water partition coefficient (Wildman–Crippen LogP) is 3.50. The van der Waals surface area contributed by atoms with Gasteiger partial charge in [0, 0.05) is 43.6 Å². The monoisotopic (exact) mass is 430 g/mol. The maximum atomic E-state index is 11.6. The minimum Gasteiger partial charge on any atom is -0.369 e. The number of rotatable bonds is 6. The van der Waals surface area contributed by atoms with Gasteiger partial charge in [0.05, 0.1) is 11.1 Å². The van der Waals surface area contributed by atoms with Crippen molar-refractivity contribution in [2.24, 2.45) is 0 Å². The maximum absolute atomic E-state index is 11.6. The van der Waals surface area contributed by atoms with E-state index in [1.165, 1.54) is 12.3 Å². The van der Waals surface area contributed by atoms with E-state index in [1.54, 1.807) is 12.1 Å². The molecule has 0 unspecified atom stereocenters. The number of hydrogen-bond donors (Lipinski definition) is 2. The number of nitrogens with one attached hydrogen (secondary N) is 2. The summed E-state index contributed by atoms with van der Waals surface area (Å²) in [4.78, 5) is 24.2. The summed E-state index contributed by atoms with van der Waals surface area (Å²) in [5.41, 5.74) is 2.13. The lowest BCUT2D eigenvalue weighted by molar-refractivity contribution is -0.383. The second-order valence-electron chi connectivity index (χ2n) is 7.43. The highest BCUT2D eigenvalue weighted by Gasteiger charge is 2.20. The van der Waals surface area contributed by atoms with Crippen LogP contribution in [0.1, 0.15) is 5.56 Å². The highest BCUT2D eigenvalue weighted by Crippen LogP contribution is 2.32. The molecule has 1 aromatic heterocycles. The van der Waals surface area contributed by atoms with Crippen molar-refractivity contribution in [1.82, 2.24) is 14.9 Å². The predicted molar refractivity (Wildman–Crippen MR) is 123 cm³/mol. The fourth-order valence-corrected chi connectivity index (χ4v) is 3.44. The molecule has 0 amide bonds. The van der Waals surface area contributed by atoms with Gasteiger partial charge in [-0.2, -0.15) is 10.2 Å². The first-order chi connectivity index (χ1) is 15.5. The van der Waals surface area contributed by atoms with E-state index in [9.17, 15) is 15.4 Å². The summed E-state index contributed by atoms with van der Waals surface area (Å²) >= 11 is 0. The Bertz CT molecular complexity index is 1150. The van der Waals surface area contributed by atoms with Crippen LogP contribution in [0.2, 0.25) is 0 Å². The Morgan fingerprint density at radius 2 is 1.84 bits per heavy atom. The van der Waals surface area contributed by atoms with Gasteiger partial charge >= 0.3 is 0 Å². The van der Waals surface area contributed by atoms with Gasteiger partial charge in [-0.3, -0.25) is 10.1 Å². The molecule has 1 saturated heterocycles. The van der Waals surface area contributed by atoms with Gasteiger partial charge in [-0.1, -0.05) is 18.2 Å². The summed E-state index contributed by atoms with van der Waals surface area (Å²) in [5, 5.41) is 27.1.